The summed E-state index contributed by atoms with van der Waals surface area (Å²) in [5.41, 5.74) is 5.56. The highest BCUT2D eigenvalue weighted by molar-refractivity contribution is 6.04. The number of carbonyl (C=O) groups excluding carboxylic acids is 1. The number of ether oxygens (including phenoxy) is 2. The van der Waals surface area contributed by atoms with Crippen LogP contribution in [-0.2, 0) is 0 Å². The molecule has 8 nitrogen and oxygen atoms in total. The zero-order chi connectivity index (χ0) is 22.1. The molecule has 0 aliphatic carbocycles. The first-order valence-corrected chi connectivity index (χ1v) is 9.76. The molecule has 0 saturated carbocycles. The first-order chi connectivity index (χ1) is 14.9. The second-order valence-corrected chi connectivity index (χ2v) is 7.22. The molecule has 0 fully saturated rings. The lowest BCUT2D eigenvalue weighted by atomic mass is 10.1. The fourth-order valence-corrected chi connectivity index (χ4v) is 3.52. The standard InChI is InChI=1S/C23H23N5O3/c1-13-6-11-19(31-5)18(12-13)24-23(29)21-15(3)28-22(26-25-21)20(14(2)27-28)16-7-9-17(30-4)10-8-16/h6-12H,1-5H3,(H,24,29). The van der Waals surface area contributed by atoms with Crippen molar-refractivity contribution < 1.29 is 14.3 Å². The van der Waals surface area contributed by atoms with Gasteiger partial charge in [0.05, 0.1) is 36.9 Å². The number of benzene rings is 2. The van der Waals surface area contributed by atoms with Gasteiger partial charge in [0.15, 0.2) is 11.3 Å². The third-order valence-electron chi connectivity index (χ3n) is 5.14. The quantitative estimate of drug-likeness (QED) is 0.528. The Balaban J connectivity index is 1.73. The second-order valence-electron chi connectivity index (χ2n) is 7.22. The van der Waals surface area contributed by atoms with Crippen molar-refractivity contribution in [1.29, 1.82) is 0 Å². The number of anilines is 1. The fraction of sp³-hybridized carbons (Fsp3) is 0.217. The summed E-state index contributed by atoms with van der Waals surface area (Å²) < 4.78 is 12.2. The van der Waals surface area contributed by atoms with Crippen LogP contribution in [0.25, 0.3) is 16.8 Å². The third kappa shape index (κ3) is 3.68. The molecule has 0 spiro atoms. The number of nitrogens with one attached hydrogen (secondary N) is 1. The molecule has 2 aromatic heterocycles. The molecule has 1 N–H and O–H groups in total. The van der Waals surface area contributed by atoms with Crippen molar-refractivity contribution in [3.05, 3.63) is 65.1 Å². The maximum Gasteiger partial charge on any atom is 0.278 e. The molecule has 0 aliphatic rings. The molecule has 0 radical (unpaired) electrons. The Morgan fingerprint density at radius 3 is 2.39 bits per heavy atom. The van der Waals surface area contributed by atoms with Crippen molar-refractivity contribution in [2.75, 3.05) is 19.5 Å². The molecule has 0 bridgehead atoms. The summed E-state index contributed by atoms with van der Waals surface area (Å²) in [6, 6.07) is 13.2. The SMILES string of the molecule is COc1ccc(-c2c(C)nn3c(C)c(C(=O)Nc4cc(C)ccc4OC)nnc23)cc1. The number of amides is 1. The molecular weight excluding hydrogens is 394 g/mol. The Labute approximate surface area is 179 Å². The fourth-order valence-electron chi connectivity index (χ4n) is 3.52. The van der Waals surface area contributed by atoms with Crippen molar-refractivity contribution >= 4 is 17.2 Å². The smallest absolute Gasteiger partial charge is 0.278 e. The van der Waals surface area contributed by atoms with E-state index in [2.05, 4.69) is 20.6 Å². The third-order valence-corrected chi connectivity index (χ3v) is 5.14. The van der Waals surface area contributed by atoms with E-state index >= 15 is 0 Å². The molecule has 0 saturated heterocycles. The van der Waals surface area contributed by atoms with Gasteiger partial charge in [-0.3, -0.25) is 4.79 Å². The van der Waals surface area contributed by atoms with Gasteiger partial charge in [-0.15, -0.1) is 10.2 Å². The first kappa shape index (κ1) is 20.3. The van der Waals surface area contributed by atoms with Crippen LogP contribution in [0.5, 0.6) is 11.5 Å². The van der Waals surface area contributed by atoms with Gasteiger partial charge in [0.25, 0.3) is 5.91 Å². The molecule has 4 aromatic rings. The van der Waals surface area contributed by atoms with Gasteiger partial charge in [0.1, 0.15) is 11.5 Å². The van der Waals surface area contributed by atoms with Crippen molar-refractivity contribution in [2.45, 2.75) is 20.8 Å². The van der Waals surface area contributed by atoms with E-state index in [9.17, 15) is 4.79 Å². The van der Waals surface area contributed by atoms with Crippen LogP contribution in [0, 0.1) is 20.8 Å². The van der Waals surface area contributed by atoms with E-state index in [1.165, 1.54) is 0 Å². The number of hydrogen-bond donors (Lipinski definition) is 1. The summed E-state index contributed by atoms with van der Waals surface area (Å²) in [6.45, 7) is 5.65. The van der Waals surface area contributed by atoms with Gasteiger partial charge in [0.2, 0.25) is 0 Å². The van der Waals surface area contributed by atoms with Gasteiger partial charge in [-0.2, -0.15) is 5.10 Å². The summed E-state index contributed by atoms with van der Waals surface area (Å²) in [5, 5.41) is 16.0. The molecule has 1 amide bonds. The number of methoxy groups -OCH3 is 2. The van der Waals surface area contributed by atoms with E-state index in [1.807, 2.05) is 56.3 Å². The zero-order valence-electron chi connectivity index (χ0n) is 18.1. The van der Waals surface area contributed by atoms with Crippen molar-refractivity contribution in [1.82, 2.24) is 19.8 Å². The zero-order valence-corrected chi connectivity index (χ0v) is 18.1. The van der Waals surface area contributed by atoms with Gasteiger partial charge in [0, 0.05) is 0 Å². The average molecular weight is 417 g/mol. The molecule has 2 heterocycles. The summed E-state index contributed by atoms with van der Waals surface area (Å²) in [7, 11) is 3.19. The number of rotatable bonds is 5. The Hall–Kier alpha value is -3.94. The molecular formula is C23H23N5O3. The Bertz CT molecular complexity index is 1280. The van der Waals surface area contributed by atoms with Crippen molar-refractivity contribution in [3.8, 4) is 22.6 Å². The van der Waals surface area contributed by atoms with Crippen LogP contribution in [0.2, 0.25) is 0 Å². The highest BCUT2D eigenvalue weighted by Crippen LogP contribution is 2.30. The lowest BCUT2D eigenvalue weighted by Gasteiger charge is -2.12. The Morgan fingerprint density at radius 1 is 0.968 bits per heavy atom. The van der Waals surface area contributed by atoms with Crippen LogP contribution < -0.4 is 14.8 Å². The van der Waals surface area contributed by atoms with E-state index in [-0.39, 0.29) is 11.6 Å². The summed E-state index contributed by atoms with van der Waals surface area (Å²) in [4.78, 5) is 13.0. The van der Waals surface area contributed by atoms with Crippen molar-refractivity contribution in [2.24, 2.45) is 0 Å². The minimum absolute atomic E-state index is 0.194. The number of nitrogens with zero attached hydrogens (tertiary/aromatic N) is 4. The summed E-state index contributed by atoms with van der Waals surface area (Å²) in [5.74, 6) is 0.961. The molecule has 8 heteroatoms. The van der Waals surface area contributed by atoms with E-state index < -0.39 is 0 Å². The van der Waals surface area contributed by atoms with Crippen LogP contribution in [0.3, 0.4) is 0 Å². The topological polar surface area (TPSA) is 90.6 Å². The predicted octanol–water partition coefficient (Wildman–Crippen LogP) is 3.99. The van der Waals surface area contributed by atoms with Gasteiger partial charge in [-0.25, -0.2) is 4.52 Å². The minimum atomic E-state index is -0.380. The molecule has 0 unspecified atom stereocenters. The van der Waals surface area contributed by atoms with Gasteiger partial charge < -0.3 is 14.8 Å². The highest BCUT2D eigenvalue weighted by atomic mass is 16.5. The summed E-state index contributed by atoms with van der Waals surface area (Å²) >= 11 is 0. The normalized spacial score (nSPS) is 10.9. The molecule has 31 heavy (non-hydrogen) atoms. The van der Waals surface area contributed by atoms with E-state index in [1.54, 1.807) is 25.7 Å². The van der Waals surface area contributed by atoms with Crippen LogP contribution >= 0.6 is 0 Å². The second kappa shape index (κ2) is 8.06. The molecule has 2 aromatic carbocycles. The molecule has 158 valence electrons. The Morgan fingerprint density at radius 2 is 1.71 bits per heavy atom. The van der Waals surface area contributed by atoms with E-state index in [4.69, 9.17) is 9.47 Å². The van der Waals surface area contributed by atoms with E-state index in [0.29, 0.717) is 22.8 Å². The van der Waals surface area contributed by atoms with Gasteiger partial charge in [-0.1, -0.05) is 18.2 Å². The first-order valence-electron chi connectivity index (χ1n) is 9.76. The molecule has 4 rings (SSSR count). The summed E-state index contributed by atoms with van der Waals surface area (Å²) in [6.07, 6.45) is 0. The van der Waals surface area contributed by atoms with Crippen LogP contribution in [0.4, 0.5) is 5.69 Å². The maximum absolute atomic E-state index is 13.0. The predicted molar refractivity (Wildman–Crippen MR) is 118 cm³/mol. The minimum Gasteiger partial charge on any atom is -0.497 e. The maximum atomic E-state index is 13.0. The van der Waals surface area contributed by atoms with Crippen LogP contribution in [0.1, 0.15) is 27.4 Å². The van der Waals surface area contributed by atoms with Crippen molar-refractivity contribution in [3.63, 3.8) is 0 Å². The van der Waals surface area contributed by atoms with E-state index in [0.717, 1.165) is 28.1 Å². The number of aromatic nitrogens is 4. The van der Waals surface area contributed by atoms with Gasteiger partial charge >= 0.3 is 0 Å². The number of fused-ring (bicyclic) bond motifs is 1. The van der Waals surface area contributed by atoms with Gasteiger partial charge in [-0.05, 0) is 56.2 Å². The lowest BCUT2D eigenvalue weighted by Crippen LogP contribution is -2.19. The van der Waals surface area contributed by atoms with Crippen LogP contribution in [-0.4, -0.2) is 39.9 Å². The number of aryl methyl sites for hydroxylation is 3. The number of carbonyl (C=O) groups is 1. The average Bonchev–Trinajstić information content (AvgIpc) is 3.11. The largest absolute Gasteiger partial charge is 0.497 e. The number of hydrogen-bond acceptors (Lipinski definition) is 6. The lowest BCUT2D eigenvalue weighted by molar-refractivity contribution is 0.101. The molecule has 0 aliphatic heterocycles. The monoisotopic (exact) mass is 417 g/mol. The molecule has 0 atom stereocenters. The highest BCUT2D eigenvalue weighted by Gasteiger charge is 2.21. The Kier molecular flexibility index (Phi) is 5.29. The van der Waals surface area contributed by atoms with Crippen LogP contribution in [0.15, 0.2) is 42.5 Å².